The Hall–Kier alpha value is -1.65. The second-order valence-electron chi connectivity index (χ2n) is 4.37. The van der Waals surface area contributed by atoms with Crippen LogP contribution in [-0.4, -0.2) is 20.7 Å². The minimum absolute atomic E-state index is 0.125. The standard InChI is InChI=1S/C12H18N4O/c1-3-11(17)13-9(2)12-15-14-10-7-5-4-6-8-16(10)12/h3,9H,1,4-8H2,2H3,(H,13,17). The van der Waals surface area contributed by atoms with Crippen LogP contribution < -0.4 is 5.32 Å². The third-order valence-corrected chi connectivity index (χ3v) is 3.07. The summed E-state index contributed by atoms with van der Waals surface area (Å²) in [6.07, 6.45) is 5.81. The number of aromatic nitrogens is 3. The van der Waals surface area contributed by atoms with Crippen LogP contribution in [0.3, 0.4) is 0 Å². The molecule has 1 aromatic heterocycles. The topological polar surface area (TPSA) is 59.8 Å². The molecule has 0 saturated carbocycles. The summed E-state index contributed by atoms with van der Waals surface area (Å²) in [6.45, 7) is 6.31. The van der Waals surface area contributed by atoms with E-state index in [-0.39, 0.29) is 11.9 Å². The van der Waals surface area contributed by atoms with E-state index in [4.69, 9.17) is 0 Å². The first-order valence-electron chi connectivity index (χ1n) is 6.07. The van der Waals surface area contributed by atoms with Gasteiger partial charge in [0.2, 0.25) is 5.91 Å². The summed E-state index contributed by atoms with van der Waals surface area (Å²) >= 11 is 0. The molecule has 0 spiro atoms. The summed E-state index contributed by atoms with van der Waals surface area (Å²) in [6, 6.07) is -0.125. The van der Waals surface area contributed by atoms with Gasteiger partial charge in [-0.25, -0.2) is 0 Å². The Labute approximate surface area is 101 Å². The van der Waals surface area contributed by atoms with Crippen molar-refractivity contribution in [1.29, 1.82) is 0 Å². The van der Waals surface area contributed by atoms with Crippen LogP contribution in [0.15, 0.2) is 12.7 Å². The molecule has 2 heterocycles. The van der Waals surface area contributed by atoms with Gasteiger partial charge in [0, 0.05) is 13.0 Å². The highest BCUT2D eigenvalue weighted by Gasteiger charge is 2.19. The number of nitrogens with zero attached hydrogens (tertiary/aromatic N) is 3. The van der Waals surface area contributed by atoms with E-state index in [0.717, 1.165) is 31.0 Å². The Bertz CT molecular complexity index is 424. The average molecular weight is 234 g/mol. The smallest absolute Gasteiger partial charge is 0.243 e. The van der Waals surface area contributed by atoms with Gasteiger partial charge >= 0.3 is 0 Å². The third-order valence-electron chi connectivity index (χ3n) is 3.07. The van der Waals surface area contributed by atoms with E-state index in [9.17, 15) is 4.79 Å². The van der Waals surface area contributed by atoms with Gasteiger partial charge in [0.15, 0.2) is 5.82 Å². The largest absolute Gasteiger partial charge is 0.343 e. The van der Waals surface area contributed by atoms with Gasteiger partial charge in [-0.2, -0.15) is 0 Å². The molecule has 2 rings (SSSR count). The third kappa shape index (κ3) is 2.54. The van der Waals surface area contributed by atoms with Gasteiger partial charge in [0.1, 0.15) is 5.82 Å². The minimum atomic E-state index is -0.177. The van der Waals surface area contributed by atoms with Crippen molar-refractivity contribution in [2.24, 2.45) is 0 Å². The first kappa shape index (κ1) is 11.8. The molecule has 5 nitrogen and oxygen atoms in total. The molecule has 17 heavy (non-hydrogen) atoms. The van der Waals surface area contributed by atoms with Crippen molar-refractivity contribution in [2.45, 2.75) is 45.2 Å². The number of hydrogen-bond acceptors (Lipinski definition) is 3. The molecule has 1 unspecified atom stereocenters. The second kappa shape index (κ2) is 5.12. The molecule has 0 saturated heterocycles. The second-order valence-corrected chi connectivity index (χ2v) is 4.37. The van der Waals surface area contributed by atoms with Crippen LogP contribution in [0.1, 0.15) is 43.9 Å². The number of hydrogen-bond donors (Lipinski definition) is 1. The summed E-state index contributed by atoms with van der Waals surface area (Å²) < 4.78 is 2.14. The van der Waals surface area contributed by atoms with Crippen LogP contribution in [0.5, 0.6) is 0 Å². The average Bonchev–Trinajstić information content (AvgIpc) is 2.58. The van der Waals surface area contributed by atoms with Crippen LogP contribution in [0.4, 0.5) is 0 Å². The molecule has 1 aliphatic heterocycles. The van der Waals surface area contributed by atoms with Crippen LogP contribution in [0.2, 0.25) is 0 Å². The van der Waals surface area contributed by atoms with Crippen molar-refractivity contribution >= 4 is 5.91 Å². The van der Waals surface area contributed by atoms with Crippen LogP contribution >= 0.6 is 0 Å². The van der Waals surface area contributed by atoms with Gasteiger partial charge in [-0.1, -0.05) is 13.0 Å². The lowest BCUT2D eigenvalue weighted by molar-refractivity contribution is -0.117. The highest BCUT2D eigenvalue weighted by atomic mass is 16.1. The SMILES string of the molecule is C=CC(=O)NC(C)c1nnc2n1CCCCC2. The molecule has 0 fully saturated rings. The Kier molecular flexibility index (Phi) is 3.56. The summed E-state index contributed by atoms with van der Waals surface area (Å²) in [7, 11) is 0. The van der Waals surface area contributed by atoms with Crippen LogP contribution in [0.25, 0.3) is 0 Å². The Balaban J connectivity index is 2.18. The van der Waals surface area contributed by atoms with Gasteiger partial charge in [-0.15, -0.1) is 10.2 Å². The van der Waals surface area contributed by atoms with E-state index in [1.165, 1.54) is 18.9 Å². The van der Waals surface area contributed by atoms with E-state index in [1.54, 1.807) is 0 Å². The molecule has 1 aliphatic rings. The molecule has 1 amide bonds. The number of nitrogens with one attached hydrogen (secondary N) is 1. The predicted octanol–water partition coefficient (Wildman–Crippen LogP) is 1.37. The van der Waals surface area contributed by atoms with Crippen LogP contribution in [-0.2, 0) is 17.8 Å². The number of carbonyl (C=O) groups excluding carboxylic acids is 1. The monoisotopic (exact) mass is 234 g/mol. The number of carbonyl (C=O) groups is 1. The number of amides is 1. The Morgan fingerprint density at radius 1 is 1.47 bits per heavy atom. The molecule has 1 N–H and O–H groups in total. The molecule has 0 radical (unpaired) electrons. The zero-order chi connectivity index (χ0) is 12.3. The highest BCUT2D eigenvalue weighted by Crippen LogP contribution is 2.18. The quantitative estimate of drug-likeness (QED) is 0.803. The zero-order valence-corrected chi connectivity index (χ0v) is 10.1. The maximum Gasteiger partial charge on any atom is 0.243 e. The lowest BCUT2D eigenvalue weighted by Gasteiger charge is -2.14. The van der Waals surface area contributed by atoms with Gasteiger partial charge in [0.05, 0.1) is 6.04 Å². The molecule has 0 aliphatic carbocycles. The molecule has 1 atom stereocenters. The fraction of sp³-hybridized carbons (Fsp3) is 0.583. The first-order chi connectivity index (χ1) is 8.22. The Morgan fingerprint density at radius 3 is 3.06 bits per heavy atom. The van der Waals surface area contributed by atoms with Gasteiger partial charge < -0.3 is 9.88 Å². The van der Waals surface area contributed by atoms with E-state index in [2.05, 4.69) is 26.7 Å². The predicted molar refractivity (Wildman–Crippen MR) is 64.3 cm³/mol. The fourth-order valence-electron chi connectivity index (χ4n) is 2.16. The minimum Gasteiger partial charge on any atom is -0.343 e. The van der Waals surface area contributed by atoms with E-state index >= 15 is 0 Å². The lowest BCUT2D eigenvalue weighted by Crippen LogP contribution is -2.27. The summed E-state index contributed by atoms with van der Waals surface area (Å²) in [4.78, 5) is 11.3. The van der Waals surface area contributed by atoms with E-state index < -0.39 is 0 Å². The molecular weight excluding hydrogens is 216 g/mol. The zero-order valence-electron chi connectivity index (χ0n) is 10.1. The molecule has 5 heteroatoms. The van der Waals surface area contributed by atoms with Crippen molar-refractivity contribution in [3.63, 3.8) is 0 Å². The summed E-state index contributed by atoms with van der Waals surface area (Å²) in [5, 5.41) is 11.2. The number of fused-ring (bicyclic) bond motifs is 1. The van der Waals surface area contributed by atoms with Crippen molar-refractivity contribution in [2.75, 3.05) is 0 Å². The highest BCUT2D eigenvalue weighted by molar-refractivity contribution is 5.87. The van der Waals surface area contributed by atoms with Gasteiger partial charge in [-0.3, -0.25) is 4.79 Å². The van der Waals surface area contributed by atoms with Gasteiger partial charge in [-0.05, 0) is 25.8 Å². The van der Waals surface area contributed by atoms with E-state index in [0.29, 0.717) is 0 Å². The van der Waals surface area contributed by atoms with E-state index in [1.807, 2.05) is 6.92 Å². The summed E-state index contributed by atoms with van der Waals surface area (Å²) in [5.41, 5.74) is 0. The first-order valence-corrected chi connectivity index (χ1v) is 6.07. The molecule has 0 aromatic carbocycles. The number of rotatable bonds is 3. The molecule has 1 aromatic rings. The normalized spacial score (nSPS) is 16.8. The van der Waals surface area contributed by atoms with Crippen molar-refractivity contribution < 1.29 is 4.79 Å². The summed E-state index contributed by atoms with van der Waals surface area (Å²) in [5.74, 6) is 1.71. The Morgan fingerprint density at radius 2 is 2.29 bits per heavy atom. The molecular formula is C12H18N4O. The maximum absolute atomic E-state index is 11.3. The lowest BCUT2D eigenvalue weighted by atomic mass is 10.2. The van der Waals surface area contributed by atoms with Crippen LogP contribution in [0, 0.1) is 0 Å². The number of aryl methyl sites for hydroxylation is 1. The molecule has 0 bridgehead atoms. The molecule has 92 valence electrons. The van der Waals surface area contributed by atoms with Crippen molar-refractivity contribution in [3.05, 3.63) is 24.3 Å². The maximum atomic E-state index is 11.3. The van der Waals surface area contributed by atoms with Crippen molar-refractivity contribution in [1.82, 2.24) is 20.1 Å². The van der Waals surface area contributed by atoms with Gasteiger partial charge in [0.25, 0.3) is 0 Å². The fourth-order valence-corrected chi connectivity index (χ4v) is 2.16. The van der Waals surface area contributed by atoms with Crippen molar-refractivity contribution in [3.8, 4) is 0 Å².